The minimum Gasteiger partial charge on any atom is -0.440 e. The number of aromatic nitrogens is 2. The van der Waals surface area contributed by atoms with Crippen molar-refractivity contribution in [2.45, 2.75) is 12.1 Å². The van der Waals surface area contributed by atoms with Crippen LogP contribution in [-0.2, 0) is 7.05 Å². The molecule has 0 saturated heterocycles. The number of carbonyl (C=O) groups excluding carboxylic acids is 1. The van der Waals surface area contributed by atoms with E-state index in [4.69, 9.17) is 4.42 Å². The van der Waals surface area contributed by atoms with Crippen molar-refractivity contribution in [2.24, 2.45) is 7.05 Å². The van der Waals surface area contributed by atoms with Crippen LogP contribution < -0.4 is 0 Å². The van der Waals surface area contributed by atoms with Gasteiger partial charge in [-0.1, -0.05) is 11.8 Å². The molecular formula is C11H12N2O2S. The molecule has 0 saturated carbocycles. The maximum atomic E-state index is 11.7. The van der Waals surface area contributed by atoms with Crippen molar-refractivity contribution in [3.8, 4) is 0 Å². The van der Waals surface area contributed by atoms with Crippen LogP contribution in [0.15, 0.2) is 34.4 Å². The molecule has 2 aromatic heterocycles. The van der Waals surface area contributed by atoms with Gasteiger partial charge < -0.3 is 8.98 Å². The van der Waals surface area contributed by atoms with E-state index in [0.717, 1.165) is 11.3 Å². The Kier molecular flexibility index (Phi) is 3.14. The van der Waals surface area contributed by atoms with Crippen molar-refractivity contribution in [1.29, 1.82) is 0 Å². The number of ketones is 1. The summed E-state index contributed by atoms with van der Waals surface area (Å²) in [4.78, 5) is 15.9. The number of carbonyl (C=O) groups is 1. The lowest BCUT2D eigenvalue weighted by Gasteiger charge is -1.94. The molecule has 2 aromatic rings. The van der Waals surface area contributed by atoms with Crippen molar-refractivity contribution in [3.63, 3.8) is 0 Å². The molecule has 2 rings (SSSR count). The molecule has 0 aliphatic rings. The first-order valence-electron chi connectivity index (χ1n) is 4.85. The second kappa shape index (κ2) is 4.57. The minimum absolute atomic E-state index is 0.0847. The molecule has 2 heterocycles. The number of nitrogens with zero attached hydrogens (tertiary/aromatic N) is 2. The number of Topliss-reactive ketones (excluding diaryl/α,β-unsaturated/α-hetero) is 1. The van der Waals surface area contributed by atoms with Gasteiger partial charge in [0.25, 0.3) is 5.22 Å². The van der Waals surface area contributed by atoms with E-state index in [0.29, 0.717) is 11.0 Å². The normalized spacial score (nSPS) is 10.6. The van der Waals surface area contributed by atoms with Gasteiger partial charge in [-0.05, 0) is 13.0 Å². The summed E-state index contributed by atoms with van der Waals surface area (Å²) in [6.45, 7) is 1.85. The summed E-state index contributed by atoms with van der Waals surface area (Å²) in [7, 11) is 1.89. The van der Waals surface area contributed by atoms with E-state index in [1.54, 1.807) is 6.26 Å². The highest BCUT2D eigenvalue weighted by Crippen LogP contribution is 2.18. The molecule has 0 bridgehead atoms. The largest absolute Gasteiger partial charge is 0.440 e. The second-order valence-electron chi connectivity index (χ2n) is 3.53. The van der Waals surface area contributed by atoms with E-state index in [2.05, 4.69) is 4.98 Å². The number of aryl methyl sites for hydroxylation is 2. The average Bonchev–Trinajstić information content (AvgIpc) is 2.84. The predicted molar refractivity (Wildman–Crippen MR) is 61.7 cm³/mol. The Hall–Kier alpha value is -1.49. The highest BCUT2D eigenvalue weighted by Gasteiger charge is 2.09. The topological polar surface area (TPSA) is 48.0 Å². The molecule has 0 unspecified atom stereocenters. The molecule has 0 N–H and O–H groups in total. The quantitative estimate of drug-likeness (QED) is 0.603. The fourth-order valence-electron chi connectivity index (χ4n) is 1.28. The van der Waals surface area contributed by atoms with E-state index in [1.807, 2.05) is 37.0 Å². The zero-order valence-electron chi connectivity index (χ0n) is 9.14. The van der Waals surface area contributed by atoms with Gasteiger partial charge in [0.05, 0.1) is 11.4 Å². The first-order valence-corrected chi connectivity index (χ1v) is 5.84. The average molecular weight is 236 g/mol. The summed E-state index contributed by atoms with van der Waals surface area (Å²) in [6.07, 6.45) is 5.24. The zero-order chi connectivity index (χ0) is 11.5. The Balaban J connectivity index is 1.93. The summed E-state index contributed by atoms with van der Waals surface area (Å²) < 4.78 is 7.00. The Morgan fingerprint density at radius 1 is 1.62 bits per heavy atom. The summed E-state index contributed by atoms with van der Waals surface area (Å²) in [5, 5.41) is 0.543. The van der Waals surface area contributed by atoms with Gasteiger partial charge in [0, 0.05) is 25.0 Å². The van der Waals surface area contributed by atoms with E-state index in [1.165, 1.54) is 11.8 Å². The lowest BCUT2D eigenvalue weighted by Crippen LogP contribution is -2.00. The third kappa shape index (κ3) is 2.55. The molecule has 4 nitrogen and oxygen atoms in total. The molecule has 84 valence electrons. The van der Waals surface area contributed by atoms with E-state index in [9.17, 15) is 4.79 Å². The number of rotatable bonds is 4. The maximum absolute atomic E-state index is 11.7. The molecular weight excluding hydrogens is 224 g/mol. The van der Waals surface area contributed by atoms with Crippen LogP contribution in [0.1, 0.15) is 16.1 Å². The van der Waals surface area contributed by atoms with Crippen LogP contribution in [0, 0.1) is 6.92 Å². The third-order valence-corrected chi connectivity index (χ3v) is 2.92. The molecule has 0 aliphatic heterocycles. The Labute approximate surface area is 97.7 Å². The van der Waals surface area contributed by atoms with Gasteiger partial charge in [0.15, 0.2) is 5.78 Å². The summed E-state index contributed by atoms with van der Waals surface area (Å²) in [5.74, 6) is 0.436. The van der Waals surface area contributed by atoms with Crippen LogP contribution in [-0.4, -0.2) is 21.1 Å². The van der Waals surface area contributed by atoms with Crippen LogP contribution in [0.5, 0.6) is 0 Å². The fourth-order valence-corrected chi connectivity index (χ4v) is 2.02. The Morgan fingerprint density at radius 3 is 3.00 bits per heavy atom. The lowest BCUT2D eigenvalue weighted by atomic mass is 10.2. The zero-order valence-corrected chi connectivity index (χ0v) is 9.95. The molecule has 0 atom stereocenters. The molecule has 0 spiro atoms. The predicted octanol–water partition coefficient (Wildman–Crippen LogP) is 2.30. The first-order chi connectivity index (χ1) is 7.65. The van der Waals surface area contributed by atoms with Crippen molar-refractivity contribution < 1.29 is 9.21 Å². The summed E-state index contributed by atoms with van der Waals surface area (Å²) >= 11 is 1.32. The smallest absolute Gasteiger partial charge is 0.256 e. The monoisotopic (exact) mass is 236 g/mol. The van der Waals surface area contributed by atoms with Crippen molar-refractivity contribution in [2.75, 3.05) is 5.75 Å². The SMILES string of the molecule is Cc1coc(SCC(=O)c2ccn(C)c2)n1. The molecule has 5 heteroatoms. The molecule has 0 aromatic carbocycles. The van der Waals surface area contributed by atoms with Crippen LogP contribution in [0.4, 0.5) is 0 Å². The van der Waals surface area contributed by atoms with Crippen molar-refractivity contribution in [3.05, 3.63) is 36.0 Å². The second-order valence-corrected chi connectivity index (χ2v) is 4.46. The van der Waals surface area contributed by atoms with E-state index >= 15 is 0 Å². The van der Waals surface area contributed by atoms with Crippen LogP contribution in [0.25, 0.3) is 0 Å². The fraction of sp³-hybridized carbons (Fsp3) is 0.273. The summed E-state index contributed by atoms with van der Waals surface area (Å²) in [6, 6.07) is 1.81. The van der Waals surface area contributed by atoms with Crippen molar-refractivity contribution in [1.82, 2.24) is 9.55 Å². The molecule has 0 amide bonds. The van der Waals surface area contributed by atoms with E-state index < -0.39 is 0 Å². The Morgan fingerprint density at radius 2 is 2.44 bits per heavy atom. The Bertz CT molecular complexity index is 502. The maximum Gasteiger partial charge on any atom is 0.256 e. The van der Waals surface area contributed by atoms with E-state index in [-0.39, 0.29) is 5.78 Å². The van der Waals surface area contributed by atoms with Gasteiger partial charge >= 0.3 is 0 Å². The van der Waals surface area contributed by atoms with Gasteiger partial charge in [-0.25, -0.2) is 4.98 Å². The highest BCUT2D eigenvalue weighted by molar-refractivity contribution is 7.99. The number of hydrogen-bond acceptors (Lipinski definition) is 4. The van der Waals surface area contributed by atoms with Gasteiger partial charge in [0.1, 0.15) is 6.26 Å². The van der Waals surface area contributed by atoms with Gasteiger partial charge in [-0.15, -0.1) is 0 Å². The van der Waals surface area contributed by atoms with Gasteiger partial charge in [-0.2, -0.15) is 0 Å². The van der Waals surface area contributed by atoms with Crippen LogP contribution in [0.3, 0.4) is 0 Å². The summed E-state index contributed by atoms with van der Waals surface area (Å²) in [5.41, 5.74) is 1.55. The van der Waals surface area contributed by atoms with Crippen LogP contribution in [0.2, 0.25) is 0 Å². The molecule has 0 aliphatic carbocycles. The standard InChI is InChI=1S/C11H12N2O2S/c1-8-6-15-11(12-8)16-7-10(14)9-3-4-13(2)5-9/h3-6H,7H2,1-2H3. The number of hydrogen-bond donors (Lipinski definition) is 0. The molecule has 0 radical (unpaired) electrons. The van der Waals surface area contributed by atoms with Gasteiger partial charge in [0.2, 0.25) is 0 Å². The van der Waals surface area contributed by atoms with Gasteiger partial charge in [-0.3, -0.25) is 4.79 Å². The third-order valence-electron chi connectivity index (χ3n) is 2.08. The first kappa shape index (κ1) is 11.0. The minimum atomic E-state index is 0.0847. The van der Waals surface area contributed by atoms with Crippen LogP contribution >= 0.6 is 11.8 Å². The molecule has 0 fully saturated rings. The number of oxazole rings is 1. The highest BCUT2D eigenvalue weighted by atomic mass is 32.2. The lowest BCUT2D eigenvalue weighted by molar-refractivity contribution is 0.102. The van der Waals surface area contributed by atoms with Crippen molar-refractivity contribution >= 4 is 17.5 Å². The molecule has 16 heavy (non-hydrogen) atoms. The number of thioether (sulfide) groups is 1.